The van der Waals surface area contributed by atoms with Crippen molar-refractivity contribution >= 4 is 21.4 Å². The fraction of sp³-hybridized carbons (Fsp3) is 0.0909. The Hall–Kier alpha value is -2.28. The van der Waals surface area contributed by atoms with Gasteiger partial charge in [-0.15, -0.1) is 15.3 Å². The van der Waals surface area contributed by atoms with Gasteiger partial charge in [-0.1, -0.05) is 41.2 Å². The third-order valence-corrected chi connectivity index (χ3v) is 3.26. The molecule has 0 bridgehead atoms. The van der Waals surface area contributed by atoms with Gasteiger partial charge in [-0.25, -0.2) is 0 Å². The van der Waals surface area contributed by atoms with Crippen LogP contribution in [0.1, 0.15) is 5.56 Å². The average molecular weight is 259 g/mol. The maximum atomic E-state index is 12.2. The molecular weight excluding hydrogens is 250 g/mol. The maximum absolute atomic E-state index is 12.2. The first kappa shape index (κ1) is 10.8. The third kappa shape index (κ3) is 1.65. The summed E-state index contributed by atoms with van der Waals surface area (Å²) in [6, 6.07) is 7.51. The molecule has 3 rings (SSSR count). The van der Waals surface area contributed by atoms with E-state index in [1.165, 1.54) is 4.52 Å². The normalized spacial score (nSPS) is 10.9. The first-order valence-electron chi connectivity index (χ1n) is 5.24. The molecule has 0 aliphatic rings. The number of fused-ring (bicyclic) bond motifs is 1. The Morgan fingerprint density at radius 3 is 2.67 bits per heavy atom. The van der Waals surface area contributed by atoms with E-state index < -0.39 is 0 Å². The molecule has 18 heavy (non-hydrogen) atoms. The summed E-state index contributed by atoms with van der Waals surface area (Å²) in [6.45, 7) is 1.98. The fourth-order valence-electron chi connectivity index (χ4n) is 1.62. The Labute approximate surface area is 106 Å². The van der Waals surface area contributed by atoms with Crippen molar-refractivity contribution in [3.63, 3.8) is 0 Å². The molecule has 0 aliphatic carbocycles. The predicted molar refractivity (Wildman–Crippen MR) is 69.5 cm³/mol. The van der Waals surface area contributed by atoms with E-state index in [4.69, 9.17) is 5.73 Å². The molecule has 0 radical (unpaired) electrons. The van der Waals surface area contributed by atoms with Crippen LogP contribution in [-0.4, -0.2) is 19.8 Å². The molecule has 90 valence electrons. The van der Waals surface area contributed by atoms with Crippen molar-refractivity contribution in [3.05, 3.63) is 40.2 Å². The number of benzene rings is 1. The van der Waals surface area contributed by atoms with E-state index in [0.29, 0.717) is 10.1 Å². The topological polar surface area (TPSA) is 86.2 Å². The SMILES string of the molecule is Cc1ccc(-c2nnc3sc(N)nn3c2=O)cc1. The molecule has 1 aromatic carbocycles. The standard InChI is InChI=1S/C11H9N5OS/c1-6-2-4-7(5-3-6)8-9(17)16-11(14-13-8)18-10(12)15-16/h2-5H,1H3,(H2,12,15). The molecule has 7 heteroatoms. The van der Waals surface area contributed by atoms with Gasteiger partial charge in [-0.2, -0.15) is 4.52 Å². The Bertz CT molecular complexity index is 774. The highest BCUT2D eigenvalue weighted by molar-refractivity contribution is 7.20. The molecule has 0 unspecified atom stereocenters. The fourth-order valence-corrected chi connectivity index (χ4v) is 2.22. The highest BCUT2D eigenvalue weighted by Crippen LogP contribution is 2.16. The molecule has 0 atom stereocenters. The van der Waals surface area contributed by atoms with Crippen LogP contribution in [0.25, 0.3) is 16.2 Å². The Kier molecular flexibility index (Phi) is 2.34. The zero-order valence-corrected chi connectivity index (χ0v) is 10.3. The van der Waals surface area contributed by atoms with E-state index in [9.17, 15) is 4.79 Å². The van der Waals surface area contributed by atoms with Crippen LogP contribution in [-0.2, 0) is 0 Å². The molecule has 3 aromatic rings. The van der Waals surface area contributed by atoms with E-state index in [1.54, 1.807) is 0 Å². The summed E-state index contributed by atoms with van der Waals surface area (Å²) in [5, 5.41) is 12.1. The zero-order chi connectivity index (χ0) is 12.7. The van der Waals surface area contributed by atoms with Gasteiger partial charge in [0.15, 0.2) is 5.69 Å². The van der Waals surface area contributed by atoms with Gasteiger partial charge in [0.05, 0.1) is 0 Å². The predicted octanol–water partition coefficient (Wildman–Crippen LogP) is 1.10. The average Bonchev–Trinajstić information content (AvgIpc) is 2.73. The summed E-state index contributed by atoms with van der Waals surface area (Å²) in [7, 11) is 0. The number of hydrogen-bond donors (Lipinski definition) is 1. The van der Waals surface area contributed by atoms with Crippen molar-refractivity contribution in [1.29, 1.82) is 0 Å². The van der Waals surface area contributed by atoms with Crippen LogP contribution in [0.2, 0.25) is 0 Å². The molecule has 2 heterocycles. The van der Waals surface area contributed by atoms with E-state index in [0.717, 1.165) is 22.5 Å². The minimum absolute atomic E-state index is 0.276. The first-order chi connectivity index (χ1) is 8.65. The monoisotopic (exact) mass is 259 g/mol. The lowest BCUT2D eigenvalue weighted by Crippen LogP contribution is -2.19. The van der Waals surface area contributed by atoms with Crippen molar-refractivity contribution < 1.29 is 0 Å². The number of anilines is 1. The van der Waals surface area contributed by atoms with Crippen molar-refractivity contribution in [1.82, 2.24) is 19.8 Å². The minimum Gasteiger partial charge on any atom is -0.374 e. The van der Waals surface area contributed by atoms with Gasteiger partial charge >= 0.3 is 5.56 Å². The lowest BCUT2D eigenvalue weighted by Gasteiger charge is -1.99. The molecule has 0 saturated carbocycles. The Morgan fingerprint density at radius 1 is 1.22 bits per heavy atom. The van der Waals surface area contributed by atoms with Crippen LogP contribution in [0.5, 0.6) is 0 Å². The van der Waals surface area contributed by atoms with Gasteiger partial charge in [-0.3, -0.25) is 4.79 Å². The highest BCUT2D eigenvalue weighted by Gasteiger charge is 2.12. The van der Waals surface area contributed by atoms with Crippen LogP contribution >= 0.6 is 11.3 Å². The van der Waals surface area contributed by atoms with Crippen LogP contribution in [0, 0.1) is 6.92 Å². The smallest absolute Gasteiger partial charge is 0.302 e. The Morgan fingerprint density at radius 2 is 1.94 bits per heavy atom. The number of nitrogens with two attached hydrogens (primary N) is 1. The van der Waals surface area contributed by atoms with E-state index in [-0.39, 0.29) is 11.3 Å². The van der Waals surface area contributed by atoms with E-state index >= 15 is 0 Å². The van der Waals surface area contributed by atoms with Crippen molar-refractivity contribution in [2.45, 2.75) is 6.92 Å². The summed E-state index contributed by atoms with van der Waals surface area (Å²) in [6.07, 6.45) is 0. The molecule has 0 saturated heterocycles. The van der Waals surface area contributed by atoms with E-state index in [1.807, 2.05) is 31.2 Å². The van der Waals surface area contributed by atoms with Crippen molar-refractivity contribution in [3.8, 4) is 11.3 Å². The lowest BCUT2D eigenvalue weighted by atomic mass is 10.1. The van der Waals surface area contributed by atoms with Crippen molar-refractivity contribution in [2.75, 3.05) is 5.73 Å². The molecule has 0 fully saturated rings. The zero-order valence-electron chi connectivity index (χ0n) is 9.49. The minimum atomic E-state index is -0.309. The van der Waals surface area contributed by atoms with E-state index in [2.05, 4.69) is 15.3 Å². The molecular formula is C11H9N5OS. The second kappa shape index (κ2) is 3.88. The van der Waals surface area contributed by atoms with Gasteiger partial charge in [0.25, 0.3) is 0 Å². The van der Waals surface area contributed by atoms with Crippen LogP contribution in [0.15, 0.2) is 29.1 Å². The number of nitrogens with zero attached hydrogens (tertiary/aromatic N) is 4. The molecule has 0 amide bonds. The second-order valence-electron chi connectivity index (χ2n) is 3.85. The molecule has 2 N–H and O–H groups in total. The number of rotatable bonds is 1. The number of aryl methyl sites for hydroxylation is 1. The summed E-state index contributed by atoms with van der Waals surface area (Å²) in [5.74, 6) is 0. The van der Waals surface area contributed by atoms with Gasteiger partial charge < -0.3 is 5.73 Å². The maximum Gasteiger partial charge on any atom is 0.302 e. The summed E-state index contributed by atoms with van der Waals surface area (Å²) in [5.41, 5.74) is 7.35. The summed E-state index contributed by atoms with van der Waals surface area (Å²) >= 11 is 1.13. The quantitative estimate of drug-likeness (QED) is 0.707. The van der Waals surface area contributed by atoms with Crippen LogP contribution in [0.3, 0.4) is 0 Å². The van der Waals surface area contributed by atoms with Crippen LogP contribution < -0.4 is 11.3 Å². The summed E-state index contributed by atoms with van der Waals surface area (Å²) in [4.78, 5) is 12.6. The molecule has 0 spiro atoms. The first-order valence-corrected chi connectivity index (χ1v) is 6.06. The van der Waals surface area contributed by atoms with Gasteiger partial charge in [0.2, 0.25) is 10.1 Å². The Balaban J connectivity index is 2.26. The number of hydrogen-bond acceptors (Lipinski definition) is 6. The molecule has 0 aliphatic heterocycles. The second-order valence-corrected chi connectivity index (χ2v) is 4.84. The van der Waals surface area contributed by atoms with Crippen molar-refractivity contribution in [2.24, 2.45) is 0 Å². The van der Waals surface area contributed by atoms with Gasteiger partial charge in [-0.05, 0) is 6.92 Å². The van der Waals surface area contributed by atoms with Gasteiger partial charge in [0.1, 0.15) is 0 Å². The lowest BCUT2D eigenvalue weighted by molar-refractivity contribution is 0.863. The van der Waals surface area contributed by atoms with Crippen LogP contribution in [0.4, 0.5) is 5.13 Å². The number of aromatic nitrogens is 4. The third-order valence-electron chi connectivity index (χ3n) is 2.53. The van der Waals surface area contributed by atoms with Gasteiger partial charge in [0, 0.05) is 5.56 Å². The number of nitrogen functional groups attached to an aromatic ring is 1. The molecule has 6 nitrogen and oxygen atoms in total. The molecule has 2 aromatic heterocycles. The largest absolute Gasteiger partial charge is 0.374 e. The highest BCUT2D eigenvalue weighted by atomic mass is 32.1. The summed E-state index contributed by atoms with van der Waals surface area (Å²) < 4.78 is 1.18.